The second kappa shape index (κ2) is 5.65. The molecule has 2 N–H and O–H groups in total. The largest absolute Gasteiger partial charge is 0.478 e. The summed E-state index contributed by atoms with van der Waals surface area (Å²) in [6.45, 7) is 4.20. The third-order valence-electron chi connectivity index (χ3n) is 3.17. The average Bonchev–Trinajstić information content (AvgIpc) is 2.43. The lowest BCUT2D eigenvalue weighted by Gasteiger charge is -2.14. The molecule has 19 heavy (non-hydrogen) atoms. The number of aromatic nitrogens is 2. The van der Waals surface area contributed by atoms with Gasteiger partial charge in [0.2, 0.25) is 5.95 Å². The first kappa shape index (κ1) is 13.3. The number of benzene rings is 1. The zero-order valence-electron chi connectivity index (χ0n) is 11.1. The summed E-state index contributed by atoms with van der Waals surface area (Å²) in [6.07, 6.45) is 3.55. The average molecular weight is 259 g/mol. The van der Waals surface area contributed by atoms with Crippen molar-refractivity contribution >= 4 is 22.8 Å². The first-order valence-electron chi connectivity index (χ1n) is 6.41. The number of carboxylic acids is 1. The van der Waals surface area contributed by atoms with E-state index in [4.69, 9.17) is 5.11 Å². The molecule has 1 aromatic carbocycles. The molecule has 0 saturated heterocycles. The van der Waals surface area contributed by atoms with Crippen molar-refractivity contribution < 1.29 is 9.90 Å². The number of nitrogens with one attached hydrogen (secondary N) is 1. The van der Waals surface area contributed by atoms with E-state index in [9.17, 15) is 4.79 Å². The summed E-state index contributed by atoms with van der Waals surface area (Å²) in [5.41, 5.74) is 0.870. The molecule has 0 bridgehead atoms. The van der Waals surface area contributed by atoms with Gasteiger partial charge >= 0.3 is 5.97 Å². The molecule has 0 aliphatic heterocycles. The van der Waals surface area contributed by atoms with Gasteiger partial charge in [-0.1, -0.05) is 19.9 Å². The fraction of sp³-hybridized carbons (Fsp3) is 0.357. The highest BCUT2D eigenvalue weighted by atomic mass is 16.4. The third kappa shape index (κ3) is 2.81. The van der Waals surface area contributed by atoms with Crippen LogP contribution in [0.15, 0.2) is 24.4 Å². The van der Waals surface area contributed by atoms with Crippen LogP contribution in [0.4, 0.5) is 5.95 Å². The SMILES string of the molecule is CCC(CC)Nc1ncc2c(C(=O)O)cccc2n1. The molecule has 0 aliphatic rings. The molecule has 0 fully saturated rings. The minimum atomic E-state index is -0.963. The van der Waals surface area contributed by atoms with Crippen molar-refractivity contribution in [3.63, 3.8) is 0 Å². The van der Waals surface area contributed by atoms with Crippen LogP contribution in [0.25, 0.3) is 10.9 Å². The molecule has 0 saturated carbocycles. The molecule has 1 aromatic heterocycles. The van der Waals surface area contributed by atoms with E-state index in [0.717, 1.165) is 12.8 Å². The van der Waals surface area contributed by atoms with E-state index in [1.54, 1.807) is 24.4 Å². The first-order chi connectivity index (χ1) is 9.15. The lowest BCUT2D eigenvalue weighted by molar-refractivity contribution is 0.0699. The standard InChI is InChI=1S/C14H17N3O2/c1-3-9(4-2)16-14-15-8-11-10(13(18)19)6-5-7-12(11)17-14/h5-9H,3-4H2,1-2H3,(H,18,19)(H,15,16,17). The zero-order valence-corrected chi connectivity index (χ0v) is 11.1. The van der Waals surface area contributed by atoms with Gasteiger partial charge in [0.25, 0.3) is 0 Å². The Bertz CT molecular complexity index is 594. The van der Waals surface area contributed by atoms with Gasteiger partial charge in [-0.3, -0.25) is 0 Å². The van der Waals surface area contributed by atoms with Gasteiger partial charge in [0, 0.05) is 17.6 Å². The van der Waals surface area contributed by atoms with E-state index in [1.807, 2.05) is 0 Å². The molecule has 2 rings (SSSR count). The summed E-state index contributed by atoms with van der Waals surface area (Å²) in [4.78, 5) is 19.7. The van der Waals surface area contributed by atoms with Crippen LogP contribution in [0.1, 0.15) is 37.0 Å². The molecule has 1 heterocycles. The van der Waals surface area contributed by atoms with Gasteiger partial charge in [-0.15, -0.1) is 0 Å². The Morgan fingerprint density at radius 1 is 1.37 bits per heavy atom. The quantitative estimate of drug-likeness (QED) is 0.863. The van der Waals surface area contributed by atoms with Gasteiger partial charge in [0.15, 0.2) is 0 Å². The Hall–Kier alpha value is -2.17. The fourth-order valence-electron chi connectivity index (χ4n) is 1.99. The van der Waals surface area contributed by atoms with E-state index in [-0.39, 0.29) is 5.56 Å². The highest BCUT2D eigenvalue weighted by molar-refractivity contribution is 6.02. The Balaban J connectivity index is 2.39. The van der Waals surface area contributed by atoms with Crippen LogP contribution in [-0.2, 0) is 0 Å². The number of carboxylic acid groups (broad SMARTS) is 1. The molecule has 0 spiro atoms. The highest BCUT2D eigenvalue weighted by Gasteiger charge is 2.11. The maximum atomic E-state index is 11.1. The van der Waals surface area contributed by atoms with Crippen LogP contribution >= 0.6 is 0 Å². The Labute approximate surface area is 111 Å². The van der Waals surface area contributed by atoms with Crippen molar-refractivity contribution in [1.82, 2.24) is 9.97 Å². The molecule has 0 radical (unpaired) electrons. The maximum Gasteiger partial charge on any atom is 0.336 e. The number of nitrogens with zero attached hydrogens (tertiary/aromatic N) is 2. The van der Waals surface area contributed by atoms with Crippen LogP contribution in [-0.4, -0.2) is 27.1 Å². The maximum absolute atomic E-state index is 11.1. The van der Waals surface area contributed by atoms with Gasteiger partial charge < -0.3 is 10.4 Å². The monoisotopic (exact) mass is 259 g/mol. The second-order valence-electron chi connectivity index (χ2n) is 4.39. The summed E-state index contributed by atoms with van der Waals surface area (Å²) in [7, 11) is 0. The Morgan fingerprint density at radius 3 is 2.74 bits per heavy atom. The van der Waals surface area contributed by atoms with Crippen LogP contribution in [0.2, 0.25) is 0 Å². The van der Waals surface area contributed by atoms with Gasteiger partial charge in [-0.25, -0.2) is 14.8 Å². The van der Waals surface area contributed by atoms with E-state index in [0.29, 0.717) is 22.9 Å². The zero-order chi connectivity index (χ0) is 13.8. The number of carbonyl (C=O) groups is 1. The van der Waals surface area contributed by atoms with E-state index >= 15 is 0 Å². The number of aromatic carboxylic acids is 1. The normalized spacial score (nSPS) is 10.9. The molecule has 0 amide bonds. The predicted octanol–water partition coefficient (Wildman–Crippen LogP) is 2.93. The minimum absolute atomic E-state index is 0.228. The number of hydrogen-bond donors (Lipinski definition) is 2. The number of anilines is 1. The van der Waals surface area contributed by atoms with Crippen LogP contribution in [0, 0.1) is 0 Å². The lowest BCUT2D eigenvalue weighted by atomic mass is 10.1. The summed E-state index contributed by atoms with van der Waals surface area (Å²) in [5.74, 6) is -0.418. The van der Waals surface area contributed by atoms with Crippen molar-refractivity contribution in [2.75, 3.05) is 5.32 Å². The van der Waals surface area contributed by atoms with Crippen molar-refractivity contribution in [1.29, 1.82) is 0 Å². The third-order valence-corrected chi connectivity index (χ3v) is 3.17. The molecular weight excluding hydrogens is 242 g/mol. The van der Waals surface area contributed by atoms with Crippen molar-refractivity contribution in [3.8, 4) is 0 Å². The summed E-state index contributed by atoms with van der Waals surface area (Å²) in [6, 6.07) is 5.38. The molecule has 5 nitrogen and oxygen atoms in total. The molecule has 0 aliphatic carbocycles. The fourth-order valence-corrected chi connectivity index (χ4v) is 1.99. The van der Waals surface area contributed by atoms with Gasteiger partial charge in [-0.2, -0.15) is 0 Å². The number of rotatable bonds is 5. The Kier molecular flexibility index (Phi) is 3.94. The molecule has 100 valence electrons. The van der Waals surface area contributed by atoms with Crippen molar-refractivity contribution in [2.45, 2.75) is 32.7 Å². The molecular formula is C14H17N3O2. The number of hydrogen-bond acceptors (Lipinski definition) is 4. The molecule has 0 atom stereocenters. The van der Waals surface area contributed by atoms with Crippen LogP contribution in [0.5, 0.6) is 0 Å². The topological polar surface area (TPSA) is 75.1 Å². The van der Waals surface area contributed by atoms with Gasteiger partial charge in [0.1, 0.15) is 0 Å². The summed E-state index contributed by atoms with van der Waals surface area (Å²) >= 11 is 0. The van der Waals surface area contributed by atoms with Crippen LogP contribution in [0.3, 0.4) is 0 Å². The predicted molar refractivity (Wildman–Crippen MR) is 74.5 cm³/mol. The molecule has 5 heteroatoms. The van der Waals surface area contributed by atoms with Gasteiger partial charge in [0.05, 0.1) is 11.1 Å². The minimum Gasteiger partial charge on any atom is -0.478 e. The van der Waals surface area contributed by atoms with Crippen LogP contribution < -0.4 is 5.32 Å². The van der Waals surface area contributed by atoms with E-state index in [1.165, 1.54) is 0 Å². The lowest BCUT2D eigenvalue weighted by Crippen LogP contribution is -2.18. The Morgan fingerprint density at radius 2 is 2.11 bits per heavy atom. The summed E-state index contributed by atoms with van der Waals surface area (Å²) in [5, 5.41) is 12.9. The smallest absolute Gasteiger partial charge is 0.336 e. The van der Waals surface area contributed by atoms with Crippen molar-refractivity contribution in [3.05, 3.63) is 30.0 Å². The molecule has 0 unspecified atom stereocenters. The van der Waals surface area contributed by atoms with E-state index in [2.05, 4.69) is 29.1 Å². The highest BCUT2D eigenvalue weighted by Crippen LogP contribution is 2.18. The number of fused-ring (bicyclic) bond motifs is 1. The second-order valence-corrected chi connectivity index (χ2v) is 4.39. The van der Waals surface area contributed by atoms with E-state index < -0.39 is 5.97 Å². The van der Waals surface area contributed by atoms with Crippen molar-refractivity contribution in [2.24, 2.45) is 0 Å². The first-order valence-corrected chi connectivity index (χ1v) is 6.41. The molecule has 2 aromatic rings. The summed E-state index contributed by atoms with van der Waals surface area (Å²) < 4.78 is 0. The van der Waals surface area contributed by atoms with Gasteiger partial charge in [-0.05, 0) is 25.0 Å².